The van der Waals surface area contributed by atoms with Gasteiger partial charge < -0.3 is 9.64 Å². The number of ether oxygens (including phenoxy) is 1. The topological polar surface area (TPSA) is 25.4 Å². The molecule has 0 aliphatic carbocycles. The summed E-state index contributed by atoms with van der Waals surface area (Å²) in [5.41, 5.74) is 0. The van der Waals surface area contributed by atoms with Gasteiger partial charge in [-0.05, 0) is 20.9 Å². The van der Waals surface area contributed by atoms with Crippen LogP contribution in [0.4, 0.5) is 0 Å². The molecule has 1 unspecified atom stereocenters. The Labute approximate surface area is 103 Å². The molecule has 94 valence electrons. The predicted octanol–water partition coefficient (Wildman–Crippen LogP) is 3.20. The van der Waals surface area contributed by atoms with Crippen molar-refractivity contribution in [1.82, 2.24) is 9.88 Å². The van der Waals surface area contributed by atoms with E-state index in [1.807, 2.05) is 25.4 Å². The van der Waals surface area contributed by atoms with Crippen LogP contribution in [0.2, 0.25) is 0 Å². The first-order valence-electron chi connectivity index (χ1n) is 5.77. The van der Waals surface area contributed by atoms with E-state index in [0.29, 0.717) is 6.04 Å². The van der Waals surface area contributed by atoms with Crippen LogP contribution in [0.25, 0.3) is 0 Å². The third-order valence-corrected chi connectivity index (χ3v) is 3.21. The molecule has 0 N–H and O–H groups in total. The lowest BCUT2D eigenvalue weighted by Gasteiger charge is -2.24. The summed E-state index contributed by atoms with van der Waals surface area (Å²) >= 11 is 1.65. The van der Waals surface area contributed by atoms with Crippen LogP contribution < -0.4 is 0 Å². The second-order valence-corrected chi connectivity index (χ2v) is 4.55. The van der Waals surface area contributed by atoms with Gasteiger partial charge in [0.2, 0.25) is 0 Å². The smallest absolute Gasteiger partial charge is 0.123 e. The second-order valence-electron chi connectivity index (χ2n) is 3.63. The van der Waals surface area contributed by atoms with E-state index in [4.69, 9.17) is 4.74 Å². The Morgan fingerprint density at radius 2 is 2.06 bits per heavy atom. The zero-order valence-corrected chi connectivity index (χ0v) is 12.0. The molecule has 1 aromatic heterocycles. The molecule has 0 saturated carbocycles. The minimum absolute atomic E-state index is 0.0994. The number of hydrogen-bond acceptors (Lipinski definition) is 4. The monoisotopic (exact) mass is 244 g/mol. The SMILES string of the molecule is CC.COC(CN(C)C(C)C)c1nccs1. The Kier molecular flexibility index (Phi) is 8.43. The van der Waals surface area contributed by atoms with Gasteiger partial charge in [-0.15, -0.1) is 11.3 Å². The van der Waals surface area contributed by atoms with Crippen LogP contribution in [-0.2, 0) is 4.74 Å². The van der Waals surface area contributed by atoms with Crippen molar-refractivity contribution in [3.8, 4) is 0 Å². The van der Waals surface area contributed by atoms with Gasteiger partial charge >= 0.3 is 0 Å². The number of nitrogens with zero attached hydrogens (tertiary/aromatic N) is 2. The summed E-state index contributed by atoms with van der Waals surface area (Å²) < 4.78 is 5.42. The van der Waals surface area contributed by atoms with Gasteiger partial charge in [0.25, 0.3) is 0 Å². The Morgan fingerprint density at radius 3 is 2.44 bits per heavy atom. The van der Waals surface area contributed by atoms with Crippen LogP contribution >= 0.6 is 11.3 Å². The van der Waals surface area contributed by atoms with Crippen LogP contribution in [0.3, 0.4) is 0 Å². The first-order valence-corrected chi connectivity index (χ1v) is 6.65. The van der Waals surface area contributed by atoms with Gasteiger partial charge in [0.05, 0.1) is 0 Å². The molecule has 0 aromatic carbocycles. The lowest BCUT2D eigenvalue weighted by Crippen LogP contribution is -2.31. The average Bonchev–Trinajstić information content (AvgIpc) is 2.81. The number of rotatable bonds is 5. The molecule has 3 nitrogen and oxygen atoms in total. The maximum atomic E-state index is 5.42. The lowest BCUT2D eigenvalue weighted by atomic mass is 10.3. The van der Waals surface area contributed by atoms with Crippen LogP contribution in [0, 0.1) is 0 Å². The summed E-state index contributed by atoms with van der Waals surface area (Å²) in [5, 5.41) is 3.04. The lowest BCUT2D eigenvalue weighted by molar-refractivity contribution is 0.0629. The van der Waals surface area contributed by atoms with Crippen molar-refractivity contribution in [1.29, 1.82) is 0 Å². The van der Waals surface area contributed by atoms with Gasteiger partial charge in [-0.2, -0.15) is 0 Å². The summed E-state index contributed by atoms with van der Waals surface area (Å²) in [5.74, 6) is 0. The maximum absolute atomic E-state index is 5.42. The van der Waals surface area contributed by atoms with Crippen LogP contribution in [0.1, 0.15) is 38.8 Å². The quantitative estimate of drug-likeness (QED) is 0.795. The molecule has 0 radical (unpaired) electrons. The molecule has 0 saturated heterocycles. The molecule has 1 atom stereocenters. The third-order valence-electron chi connectivity index (χ3n) is 2.35. The molecule has 1 rings (SSSR count). The van der Waals surface area contributed by atoms with Gasteiger partial charge in [-0.3, -0.25) is 0 Å². The summed E-state index contributed by atoms with van der Waals surface area (Å²) in [6.07, 6.45) is 1.92. The van der Waals surface area contributed by atoms with E-state index < -0.39 is 0 Å². The summed E-state index contributed by atoms with van der Waals surface area (Å²) in [4.78, 5) is 6.53. The van der Waals surface area contributed by atoms with Gasteiger partial charge in [0, 0.05) is 31.3 Å². The molecule has 0 fully saturated rings. The highest BCUT2D eigenvalue weighted by molar-refractivity contribution is 7.09. The molecular formula is C12H24N2OS. The summed E-state index contributed by atoms with van der Waals surface area (Å²) in [6.45, 7) is 9.24. The molecule has 0 aliphatic rings. The fourth-order valence-corrected chi connectivity index (χ4v) is 1.82. The Balaban J connectivity index is 0.00000106. The number of thiazole rings is 1. The third kappa shape index (κ3) is 5.05. The van der Waals surface area contributed by atoms with E-state index >= 15 is 0 Å². The first kappa shape index (κ1) is 15.6. The van der Waals surface area contributed by atoms with Crippen LogP contribution in [0.5, 0.6) is 0 Å². The van der Waals surface area contributed by atoms with E-state index in [9.17, 15) is 0 Å². The molecule has 0 bridgehead atoms. The Hall–Kier alpha value is -0.450. The van der Waals surface area contributed by atoms with Crippen molar-refractivity contribution < 1.29 is 4.74 Å². The van der Waals surface area contributed by atoms with Gasteiger partial charge in [-0.1, -0.05) is 13.8 Å². The molecule has 1 heterocycles. The van der Waals surface area contributed by atoms with Crippen molar-refractivity contribution in [2.24, 2.45) is 0 Å². The number of hydrogen-bond donors (Lipinski definition) is 0. The van der Waals surface area contributed by atoms with E-state index in [0.717, 1.165) is 11.6 Å². The fraction of sp³-hybridized carbons (Fsp3) is 0.750. The highest BCUT2D eigenvalue weighted by Gasteiger charge is 2.16. The molecule has 0 spiro atoms. The van der Waals surface area contributed by atoms with Crippen LogP contribution in [0.15, 0.2) is 11.6 Å². The van der Waals surface area contributed by atoms with E-state index in [1.165, 1.54) is 0 Å². The van der Waals surface area contributed by atoms with Crippen molar-refractivity contribution >= 4 is 11.3 Å². The average molecular weight is 244 g/mol. The van der Waals surface area contributed by atoms with Crippen molar-refractivity contribution in [2.45, 2.75) is 39.8 Å². The van der Waals surface area contributed by atoms with Gasteiger partial charge in [0.15, 0.2) is 0 Å². The standard InChI is InChI=1S/C10H18N2OS.C2H6/c1-8(2)12(3)7-9(13-4)10-11-5-6-14-10;1-2/h5-6,8-9H,7H2,1-4H3;1-2H3. The largest absolute Gasteiger partial charge is 0.373 e. The highest BCUT2D eigenvalue weighted by Crippen LogP contribution is 2.20. The second kappa shape index (κ2) is 8.67. The molecule has 0 amide bonds. The fourth-order valence-electron chi connectivity index (χ4n) is 1.12. The number of aromatic nitrogens is 1. The maximum Gasteiger partial charge on any atom is 0.123 e. The van der Waals surface area contributed by atoms with Crippen molar-refractivity contribution in [3.05, 3.63) is 16.6 Å². The van der Waals surface area contributed by atoms with E-state index in [-0.39, 0.29) is 6.10 Å². The van der Waals surface area contributed by atoms with E-state index in [2.05, 4.69) is 30.8 Å². The Morgan fingerprint density at radius 1 is 1.44 bits per heavy atom. The van der Waals surface area contributed by atoms with Gasteiger partial charge in [0.1, 0.15) is 11.1 Å². The van der Waals surface area contributed by atoms with Gasteiger partial charge in [-0.25, -0.2) is 4.98 Å². The molecule has 16 heavy (non-hydrogen) atoms. The molecule has 0 aliphatic heterocycles. The summed E-state index contributed by atoms with van der Waals surface area (Å²) in [6, 6.07) is 0.535. The summed E-state index contributed by atoms with van der Waals surface area (Å²) in [7, 11) is 3.84. The number of likely N-dealkylation sites (N-methyl/N-ethyl adjacent to an activating group) is 1. The zero-order chi connectivity index (χ0) is 12.6. The Bertz CT molecular complexity index is 250. The molecule has 4 heteroatoms. The van der Waals surface area contributed by atoms with Crippen LogP contribution in [-0.4, -0.2) is 36.6 Å². The first-order chi connectivity index (χ1) is 7.65. The minimum atomic E-state index is 0.0994. The van der Waals surface area contributed by atoms with Crippen molar-refractivity contribution in [2.75, 3.05) is 20.7 Å². The normalized spacial score (nSPS) is 12.5. The number of methoxy groups -OCH3 is 1. The minimum Gasteiger partial charge on any atom is -0.373 e. The van der Waals surface area contributed by atoms with E-state index in [1.54, 1.807) is 18.4 Å². The zero-order valence-electron chi connectivity index (χ0n) is 11.2. The highest BCUT2D eigenvalue weighted by atomic mass is 32.1. The van der Waals surface area contributed by atoms with Crippen molar-refractivity contribution in [3.63, 3.8) is 0 Å². The molecule has 1 aromatic rings. The predicted molar refractivity (Wildman–Crippen MR) is 71.0 cm³/mol. The molecular weight excluding hydrogens is 220 g/mol.